The molecule has 0 saturated carbocycles. The smallest absolute Gasteiger partial charge is 0.328 e. The summed E-state index contributed by atoms with van der Waals surface area (Å²) in [6.45, 7) is 4.48. The fraction of sp³-hybridized carbons (Fsp3) is 0.610. The standard InChI is InChI=1S/C41H67N15O16S2/c1-17-13-55(41(72)54-33(17)64)14-29(62)56(10-9-45-34(65)18(2)47-28(61)12-46-35(66)19(3)49-40(71)31(22(6)58)52-27(60)11-42)25(7-8-26(43)59)39(70)51-23(15-73)37(68)48-20(4)36(67)50-24(16-74)38(69)53-30(21(5)57)32(44)63/h13,18-25,30-31,57-58,73-74H,7-12,14-16,42H2,1-6H3,(H2,43,59)(H2,44,63)(H,45,65)(H,46,66)(H,47,61)(H,48,68)(H,49,71)(H,50,67)(H,51,70)(H,52,60)(H,53,69)(H,54,64,72)/t18-,19-,20-,21+,22+,23-,24-,25-,30-,31-/m0/s1. The highest BCUT2D eigenvalue weighted by molar-refractivity contribution is 7.80. The molecule has 0 spiro atoms. The van der Waals surface area contributed by atoms with E-state index in [2.05, 4.69) is 73.1 Å². The quantitative estimate of drug-likeness (QED) is 0.0307. The van der Waals surface area contributed by atoms with Gasteiger partial charge in [0.15, 0.2) is 0 Å². The van der Waals surface area contributed by atoms with Crippen LogP contribution >= 0.6 is 25.3 Å². The van der Waals surface area contributed by atoms with Crippen LogP contribution in [0.5, 0.6) is 0 Å². The van der Waals surface area contributed by atoms with Crippen LogP contribution in [-0.2, 0) is 64.1 Å². The highest BCUT2D eigenvalue weighted by Crippen LogP contribution is 2.11. The number of aliphatic hydroxyl groups is 2. The van der Waals surface area contributed by atoms with E-state index < -0.39 is 194 Å². The molecule has 0 aromatic carbocycles. The van der Waals surface area contributed by atoms with Crippen molar-refractivity contribution in [3.63, 3.8) is 0 Å². The highest BCUT2D eigenvalue weighted by Gasteiger charge is 2.35. The Hall–Kier alpha value is -7.10. The molecule has 0 saturated heterocycles. The number of amides is 12. The van der Waals surface area contributed by atoms with Crippen molar-refractivity contribution in [3.05, 3.63) is 32.6 Å². The molecule has 0 aliphatic rings. The van der Waals surface area contributed by atoms with Gasteiger partial charge in [0.2, 0.25) is 70.9 Å². The fourth-order valence-electron chi connectivity index (χ4n) is 6.29. The summed E-state index contributed by atoms with van der Waals surface area (Å²) < 4.78 is 0.815. The molecular formula is C41H67N15O16S2. The molecule has 1 heterocycles. The van der Waals surface area contributed by atoms with Crippen LogP contribution in [0.3, 0.4) is 0 Å². The van der Waals surface area contributed by atoms with Gasteiger partial charge in [-0.05, 0) is 48.0 Å². The summed E-state index contributed by atoms with van der Waals surface area (Å²) in [5, 5.41) is 40.4. The van der Waals surface area contributed by atoms with Crippen molar-refractivity contribution < 1.29 is 67.7 Å². The summed E-state index contributed by atoms with van der Waals surface area (Å²) in [6.07, 6.45) is -2.72. The Labute approximate surface area is 433 Å². The minimum absolute atomic E-state index is 0.0234. The molecule has 0 aliphatic carbocycles. The Morgan fingerprint density at radius 2 is 1.18 bits per heavy atom. The van der Waals surface area contributed by atoms with Crippen LogP contribution in [0.2, 0.25) is 0 Å². The number of nitrogens with zero attached hydrogens (tertiary/aromatic N) is 2. The molecule has 0 radical (unpaired) electrons. The van der Waals surface area contributed by atoms with E-state index in [-0.39, 0.29) is 11.3 Å². The van der Waals surface area contributed by atoms with E-state index in [0.717, 1.165) is 15.7 Å². The van der Waals surface area contributed by atoms with E-state index in [1.165, 1.54) is 41.5 Å². The number of thiol groups is 2. The van der Waals surface area contributed by atoms with E-state index in [4.69, 9.17) is 17.2 Å². The van der Waals surface area contributed by atoms with Crippen molar-refractivity contribution in [2.75, 3.05) is 37.7 Å². The largest absolute Gasteiger partial charge is 0.391 e. The lowest BCUT2D eigenvalue weighted by Crippen LogP contribution is -2.60. The average molecular weight is 1090 g/mol. The van der Waals surface area contributed by atoms with Crippen LogP contribution in [0.15, 0.2) is 15.8 Å². The zero-order chi connectivity index (χ0) is 56.7. The summed E-state index contributed by atoms with van der Waals surface area (Å²) in [5.41, 5.74) is 14.1. The summed E-state index contributed by atoms with van der Waals surface area (Å²) >= 11 is 8.18. The number of aromatic nitrogens is 2. The maximum Gasteiger partial charge on any atom is 0.328 e. The van der Waals surface area contributed by atoms with Crippen LogP contribution in [0, 0.1) is 6.92 Å². The summed E-state index contributed by atoms with van der Waals surface area (Å²) in [7, 11) is 0. The number of hydrogen-bond acceptors (Lipinski definition) is 19. The molecule has 18 N–H and O–H groups in total. The molecule has 0 fully saturated rings. The number of rotatable bonds is 31. The maximum absolute atomic E-state index is 14.1. The number of primary amides is 2. The minimum Gasteiger partial charge on any atom is -0.391 e. The average Bonchev–Trinajstić information content (AvgIpc) is 3.32. The predicted molar refractivity (Wildman–Crippen MR) is 266 cm³/mol. The normalized spacial score (nSPS) is 15.0. The van der Waals surface area contributed by atoms with Gasteiger partial charge in [-0.25, -0.2) is 4.79 Å². The second-order valence-corrected chi connectivity index (χ2v) is 17.4. The van der Waals surface area contributed by atoms with Gasteiger partial charge in [0.1, 0.15) is 54.9 Å². The molecule has 1 aromatic rings. The zero-order valence-corrected chi connectivity index (χ0v) is 43.1. The number of nitrogens with two attached hydrogens (primary N) is 3. The van der Waals surface area contributed by atoms with Gasteiger partial charge in [0.25, 0.3) is 5.56 Å². The number of hydrogen-bond donors (Lipinski definition) is 17. The summed E-state index contributed by atoms with van der Waals surface area (Å²) in [5.74, 6) is -12.0. The van der Waals surface area contributed by atoms with Crippen molar-refractivity contribution in [2.24, 2.45) is 17.2 Å². The van der Waals surface area contributed by atoms with Gasteiger partial charge < -0.3 is 80.2 Å². The highest BCUT2D eigenvalue weighted by atomic mass is 32.1. The molecule has 414 valence electrons. The molecule has 1 rings (SSSR count). The molecule has 0 aliphatic heterocycles. The Bertz CT molecular complexity index is 2350. The first kappa shape index (κ1) is 64.9. The fourth-order valence-corrected chi connectivity index (χ4v) is 6.80. The molecule has 31 nitrogen and oxygen atoms in total. The molecular weight excluding hydrogens is 1020 g/mol. The van der Waals surface area contributed by atoms with E-state index in [1.54, 1.807) is 0 Å². The lowest BCUT2D eigenvalue weighted by molar-refractivity contribution is -0.142. The van der Waals surface area contributed by atoms with Crippen LogP contribution in [0.1, 0.15) is 53.0 Å². The van der Waals surface area contributed by atoms with Crippen molar-refractivity contribution in [1.29, 1.82) is 0 Å². The zero-order valence-electron chi connectivity index (χ0n) is 41.3. The number of H-pyrrole nitrogens is 1. The number of carbonyl (C=O) groups is 12. The summed E-state index contributed by atoms with van der Waals surface area (Å²) in [6, 6.07) is -11.6. The second-order valence-electron chi connectivity index (χ2n) is 16.7. The van der Waals surface area contributed by atoms with Crippen LogP contribution < -0.4 is 76.3 Å². The number of aryl methyl sites for hydroxylation is 1. The Kier molecular flexibility index (Phi) is 27.6. The van der Waals surface area contributed by atoms with Gasteiger partial charge in [0, 0.05) is 42.8 Å². The molecule has 33 heteroatoms. The first-order valence-corrected chi connectivity index (χ1v) is 23.9. The topological polar surface area (TPSA) is 490 Å². The van der Waals surface area contributed by atoms with E-state index in [1.807, 2.05) is 4.98 Å². The molecule has 74 heavy (non-hydrogen) atoms. The first-order valence-electron chi connectivity index (χ1n) is 22.6. The van der Waals surface area contributed by atoms with E-state index in [0.29, 0.717) is 0 Å². The first-order chi connectivity index (χ1) is 34.5. The van der Waals surface area contributed by atoms with Gasteiger partial charge in [0.05, 0.1) is 25.3 Å². The number of aromatic amines is 1. The number of nitrogens with one attached hydrogen (secondary N) is 10. The van der Waals surface area contributed by atoms with Crippen molar-refractivity contribution in [2.45, 2.75) is 121 Å². The number of carbonyl (C=O) groups excluding carboxylic acids is 12. The van der Waals surface area contributed by atoms with Gasteiger partial charge in [-0.1, -0.05) is 0 Å². The van der Waals surface area contributed by atoms with Crippen LogP contribution in [0.4, 0.5) is 0 Å². The number of aliphatic hydroxyl groups excluding tert-OH is 2. The van der Waals surface area contributed by atoms with Crippen molar-refractivity contribution in [3.8, 4) is 0 Å². The molecule has 12 amide bonds. The van der Waals surface area contributed by atoms with E-state index >= 15 is 0 Å². The lowest BCUT2D eigenvalue weighted by atomic mass is 10.1. The predicted octanol–water partition coefficient (Wildman–Crippen LogP) is -9.94. The molecule has 0 bridgehead atoms. The van der Waals surface area contributed by atoms with Crippen molar-refractivity contribution >= 4 is 96.1 Å². The van der Waals surface area contributed by atoms with Gasteiger partial charge >= 0.3 is 5.69 Å². The monoisotopic (exact) mass is 1090 g/mol. The third kappa shape index (κ3) is 21.5. The molecule has 1 aromatic heterocycles. The third-order valence-electron chi connectivity index (χ3n) is 10.5. The second kappa shape index (κ2) is 31.5. The SMILES string of the molecule is Cc1cn(CC(=O)N(CCNC(=O)[C@H](C)NC(=O)CNC(=O)[C@H](C)NC(=O)[C@@H](NC(=O)CN)[C@@H](C)O)[C@@H](CCC(N)=O)C(=O)N[C@@H](CS)C(=O)N[C@@H](C)C(=O)N[C@@H](CS)C(=O)N[C@H](C(N)=O)[C@@H](C)O)c(=O)[nH]c1=O. The van der Waals surface area contributed by atoms with E-state index in [9.17, 15) is 77.3 Å². The Morgan fingerprint density at radius 1 is 0.662 bits per heavy atom. The van der Waals surface area contributed by atoms with Crippen LogP contribution in [0.25, 0.3) is 0 Å². The maximum atomic E-state index is 14.1. The molecule has 0 unspecified atom stereocenters. The van der Waals surface area contributed by atoms with Gasteiger partial charge in [-0.15, -0.1) is 0 Å². The Morgan fingerprint density at radius 3 is 1.70 bits per heavy atom. The van der Waals surface area contributed by atoms with Crippen LogP contribution in [-0.4, -0.2) is 194 Å². The third-order valence-corrected chi connectivity index (χ3v) is 11.2. The van der Waals surface area contributed by atoms with Gasteiger partial charge in [-0.3, -0.25) is 71.9 Å². The molecule has 10 atom stereocenters. The minimum atomic E-state index is -1.68. The lowest BCUT2D eigenvalue weighted by Gasteiger charge is -2.32. The van der Waals surface area contributed by atoms with Gasteiger partial charge in [-0.2, -0.15) is 25.3 Å². The van der Waals surface area contributed by atoms with Crippen molar-refractivity contribution in [1.82, 2.24) is 62.3 Å². The summed E-state index contributed by atoms with van der Waals surface area (Å²) in [4.78, 5) is 182. The Balaban J connectivity index is 3.27.